The second-order valence-electron chi connectivity index (χ2n) is 10.6. The van der Waals surface area contributed by atoms with Crippen LogP contribution in [0.15, 0.2) is 48.8 Å². The number of piperidine rings is 1. The number of likely N-dealkylation sites (tertiary alicyclic amines) is 1. The highest BCUT2D eigenvalue weighted by atomic mass is 16.6. The fraction of sp³-hybridized carbons (Fsp3) is 0.444. The van der Waals surface area contributed by atoms with E-state index in [2.05, 4.69) is 64.5 Å². The summed E-state index contributed by atoms with van der Waals surface area (Å²) in [6.45, 7) is 7.84. The molecule has 0 spiro atoms. The predicted octanol–water partition coefficient (Wildman–Crippen LogP) is 5.31. The Morgan fingerprint density at radius 1 is 1.03 bits per heavy atom. The van der Waals surface area contributed by atoms with E-state index in [9.17, 15) is 4.79 Å². The molecule has 2 aliphatic heterocycles. The maximum absolute atomic E-state index is 12.4. The molecule has 9 nitrogen and oxygen atoms in total. The lowest BCUT2D eigenvalue weighted by Crippen LogP contribution is -2.42. The molecular formula is C27H35N7O2. The minimum Gasteiger partial charge on any atom is -0.444 e. The zero-order chi connectivity index (χ0) is 25.4. The van der Waals surface area contributed by atoms with Gasteiger partial charge < -0.3 is 24.8 Å². The van der Waals surface area contributed by atoms with Crippen molar-refractivity contribution in [2.45, 2.75) is 51.8 Å². The molecule has 1 saturated heterocycles. The molecule has 36 heavy (non-hydrogen) atoms. The van der Waals surface area contributed by atoms with E-state index in [4.69, 9.17) is 9.84 Å². The molecule has 2 aliphatic rings. The maximum Gasteiger partial charge on any atom is 0.410 e. The van der Waals surface area contributed by atoms with Crippen LogP contribution in [0.5, 0.6) is 0 Å². The van der Waals surface area contributed by atoms with Crippen LogP contribution in [0.4, 0.5) is 33.5 Å². The summed E-state index contributed by atoms with van der Waals surface area (Å²) in [7, 11) is 4.19. The third-order valence-corrected chi connectivity index (χ3v) is 6.75. The molecule has 1 N–H and O–H groups in total. The minimum absolute atomic E-state index is 0.240. The number of hydrogen-bond donors (Lipinski definition) is 1. The average Bonchev–Trinajstić information content (AvgIpc) is 3.27. The standard InChI is InChI=1S/C27H35N7O2/c1-27(2,3)36-26(35)33-13-10-20(11-14-33)34-15-12-24(30-34)29-25-16-22-23(17-28-25)31(4)18-19-8-6-7-9-21(19)32(22)5/h6-9,12,15-17,20H,10-11,13-14,18H2,1-5H3,(H,28,29,30). The zero-order valence-corrected chi connectivity index (χ0v) is 21.7. The summed E-state index contributed by atoms with van der Waals surface area (Å²) in [5.74, 6) is 1.50. The van der Waals surface area contributed by atoms with E-state index in [1.54, 1.807) is 4.90 Å². The van der Waals surface area contributed by atoms with Crippen LogP contribution in [0.3, 0.4) is 0 Å². The van der Waals surface area contributed by atoms with Crippen LogP contribution in [0.1, 0.15) is 45.2 Å². The number of carbonyl (C=O) groups excluding carboxylic acids is 1. The molecule has 4 heterocycles. The van der Waals surface area contributed by atoms with Gasteiger partial charge in [0.15, 0.2) is 5.82 Å². The summed E-state index contributed by atoms with van der Waals surface area (Å²) in [6, 6.07) is 12.8. The molecular weight excluding hydrogens is 454 g/mol. The number of carbonyl (C=O) groups is 1. The molecule has 5 rings (SSSR count). The molecule has 3 aromatic rings. The third-order valence-electron chi connectivity index (χ3n) is 6.75. The summed E-state index contributed by atoms with van der Waals surface area (Å²) >= 11 is 0. The number of para-hydroxylation sites is 1. The Hall–Kier alpha value is -3.75. The molecule has 1 amide bonds. The van der Waals surface area contributed by atoms with Crippen molar-refractivity contribution in [2.75, 3.05) is 42.3 Å². The van der Waals surface area contributed by atoms with Gasteiger partial charge in [-0.15, -0.1) is 0 Å². The van der Waals surface area contributed by atoms with Crippen molar-refractivity contribution >= 4 is 34.8 Å². The van der Waals surface area contributed by atoms with Crippen molar-refractivity contribution in [1.82, 2.24) is 19.7 Å². The molecule has 9 heteroatoms. The summed E-state index contributed by atoms with van der Waals surface area (Å²) in [5, 5.41) is 8.14. The monoisotopic (exact) mass is 489 g/mol. The number of nitrogens with one attached hydrogen (secondary N) is 1. The number of amides is 1. The Kier molecular flexibility index (Phi) is 6.24. The van der Waals surface area contributed by atoms with Gasteiger partial charge in [-0.05, 0) is 45.2 Å². The summed E-state index contributed by atoms with van der Waals surface area (Å²) < 4.78 is 7.51. The first-order chi connectivity index (χ1) is 17.2. The molecule has 0 aliphatic carbocycles. The summed E-state index contributed by atoms with van der Waals surface area (Å²) in [6.07, 6.45) is 5.36. The lowest BCUT2D eigenvalue weighted by Gasteiger charge is -2.33. The number of rotatable bonds is 3. The highest BCUT2D eigenvalue weighted by Crippen LogP contribution is 2.40. The van der Waals surface area contributed by atoms with Gasteiger partial charge in [0.1, 0.15) is 11.4 Å². The smallest absolute Gasteiger partial charge is 0.410 e. The van der Waals surface area contributed by atoms with Gasteiger partial charge in [0.2, 0.25) is 0 Å². The van der Waals surface area contributed by atoms with E-state index in [-0.39, 0.29) is 12.1 Å². The number of anilines is 5. The molecule has 0 bridgehead atoms. The highest BCUT2D eigenvalue weighted by Gasteiger charge is 2.28. The SMILES string of the molecule is CN1Cc2ccccc2N(C)c2cc(Nc3ccn(C4CCN(C(=O)OC(C)(C)C)CC4)n3)ncc21. The van der Waals surface area contributed by atoms with Gasteiger partial charge in [-0.3, -0.25) is 4.68 Å². The van der Waals surface area contributed by atoms with E-state index < -0.39 is 5.60 Å². The fourth-order valence-corrected chi connectivity index (χ4v) is 4.89. The number of hydrogen-bond acceptors (Lipinski definition) is 7. The first kappa shape index (κ1) is 24.0. The number of pyridine rings is 1. The molecule has 0 unspecified atom stereocenters. The predicted molar refractivity (Wildman–Crippen MR) is 142 cm³/mol. The Morgan fingerprint density at radius 3 is 2.53 bits per heavy atom. The number of aromatic nitrogens is 3. The van der Waals surface area contributed by atoms with Gasteiger partial charge in [-0.1, -0.05) is 18.2 Å². The van der Waals surface area contributed by atoms with Crippen LogP contribution >= 0.6 is 0 Å². The molecule has 1 aromatic carbocycles. The lowest BCUT2D eigenvalue weighted by atomic mass is 10.1. The normalized spacial score (nSPS) is 16.3. The van der Waals surface area contributed by atoms with Crippen molar-refractivity contribution in [2.24, 2.45) is 0 Å². The quantitative estimate of drug-likeness (QED) is 0.534. The number of nitrogens with zero attached hydrogens (tertiary/aromatic N) is 6. The number of ether oxygens (including phenoxy) is 1. The first-order valence-electron chi connectivity index (χ1n) is 12.5. The number of benzene rings is 1. The van der Waals surface area contributed by atoms with Crippen molar-refractivity contribution in [1.29, 1.82) is 0 Å². The second kappa shape index (κ2) is 9.37. The summed E-state index contributed by atoms with van der Waals surface area (Å²) in [5.41, 5.74) is 4.18. The molecule has 0 saturated carbocycles. The Morgan fingerprint density at radius 2 is 1.78 bits per heavy atom. The Labute approximate surface area is 212 Å². The van der Waals surface area contributed by atoms with Crippen molar-refractivity contribution in [3.8, 4) is 0 Å². The van der Waals surface area contributed by atoms with E-state index in [1.807, 2.05) is 43.9 Å². The van der Waals surface area contributed by atoms with Gasteiger partial charge in [0.25, 0.3) is 0 Å². The maximum atomic E-state index is 12.4. The second-order valence-corrected chi connectivity index (χ2v) is 10.6. The average molecular weight is 490 g/mol. The number of fused-ring (bicyclic) bond motifs is 2. The topological polar surface area (TPSA) is 78.8 Å². The van der Waals surface area contributed by atoms with Crippen LogP contribution in [-0.4, -0.2) is 58.5 Å². The van der Waals surface area contributed by atoms with E-state index >= 15 is 0 Å². The van der Waals surface area contributed by atoms with Crippen LogP contribution in [-0.2, 0) is 11.3 Å². The minimum atomic E-state index is -0.478. The highest BCUT2D eigenvalue weighted by molar-refractivity contribution is 5.82. The van der Waals surface area contributed by atoms with Crippen LogP contribution in [0, 0.1) is 0 Å². The van der Waals surface area contributed by atoms with Gasteiger partial charge in [0, 0.05) is 57.7 Å². The van der Waals surface area contributed by atoms with Crippen molar-refractivity contribution < 1.29 is 9.53 Å². The van der Waals surface area contributed by atoms with Crippen LogP contribution < -0.4 is 15.1 Å². The van der Waals surface area contributed by atoms with Crippen molar-refractivity contribution in [3.63, 3.8) is 0 Å². The van der Waals surface area contributed by atoms with E-state index in [1.165, 1.54) is 11.3 Å². The molecule has 2 aromatic heterocycles. The van der Waals surface area contributed by atoms with Gasteiger partial charge in [-0.2, -0.15) is 5.10 Å². The van der Waals surface area contributed by atoms with E-state index in [0.29, 0.717) is 13.1 Å². The third kappa shape index (κ3) is 4.96. The van der Waals surface area contributed by atoms with Gasteiger partial charge >= 0.3 is 6.09 Å². The van der Waals surface area contributed by atoms with Crippen LogP contribution in [0.2, 0.25) is 0 Å². The Balaban J connectivity index is 1.26. The van der Waals surface area contributed by atoms with Crippen molar-refractivity contribution in [3.05, 3.63) is 54.4 Å². The van der Waals surface area contributed by atoms with Crippen LogP contribution in [0.25, 0.3) is 0 Å². The van der Waals surface area contributed by atoms with Gasteiger partial charge in [0.05, 0.1) is 23.6 Å². The van der Waals surface area contributed by atoms with E-state index in [0.717, 1.165) is 42.4 Å². The molecule has 190 valence electrons. The fourth-order valence-electron chi connectivity index (χ4n) is 4.89. The first-order valence-corrected chi connectivity index (χ1v) is 12.5. The zero-order valence-electron chi connectivity index (χ0n) is 21.7. The summed E-state index contributed by atoms with van der Waals surface area (Å²) in [4.78, 5) is 23.3. The van der Waals surface area contributed by atoms with Gasteiger partial charge in [-0.25, -0.2) is 9.78 Å². The molecule has 0 radical (unpaired) electrons. The lowest BCUT2D eigenvalue weighted by molar-refractivity contribution is 0.0185. The Bertz CT molecular complexity index is 1240. The molecule has 0 atom stereocenters. The molecule has 1 fully saturated rings. The largest absolute Gasteiger partial charge is 0.444 e.